The fraction of sp³-hybridized carbons (Fsp3) is 0.174. The minimum Gasteiger partial charge on any atom is -0.294 e. The van der Waals surface area contributed by atoms with Crippen molar-refractivity contribution in [3.8, 4) is 0 Å². The molecule has 0 aliphatic heterocycles. The summed E-state index contributed by atoms with van der Waals surface area (Å²) in [6, 6.07) is 21.3. The molecule has 138 valence electrons. The summed E-state index contributed by atoms with van der Waals surface area (Å²) in [5, 5.41) is 1.39. The molecule has 1 atom stereocenters. The van der Waals surface area contributed by atoms with E-state index in [1.54, 1.807) is 11.8 Å². The standard InChI is InChI=1S/C23H20Cl2OS/c1-15-3-4-18(13-16(15)2)22(26)14-23(17-5-7-19(24)8-6-17)27-21-11-9-20(25)10-12-21/h3-13,23H,14H2,1-2H3/t23-/m1/s1. The van der Waals surface area contributed by atoms with Crippen molar-refractivity contribution in [1.82, 2.24) is 0 Å². The minimum absolute atomic E-state index is 0.00227. The first-order valence-corrected chi connectivity index (χ1v) is 10.3. The van der Waals surface area contributed by atoms with Gasteiger partial charge in [-0.05, 0) is 73.0 Å². The quantitative estimate of drug-likeness (QED) is 0.303. The maximum atomic E-state index is 12.9. The molecule has 0 saturated heterocycles. The fourth-order valence-electron chi connectivity index (χ4n) is 2.78. The molecule has 0 aliphatic rings. The van der Waals surface area contributed by atoms with E-state index >= 15 is 0 Å². The second-order valence-electron chi connectivity index (χ2n) is 6.54. The Labute approximate surface area is 174 Å². The Bertz CT molecular complexity index is 934. The van der Waals surface area contributed by atoms with E-state index in [1.807, 2.05) is 73.7 Å². The van der Waals surface area contributed by atoms with Crippen LogP contribution in [0.2, 0.25) is 10.0 Å². The summed E-state index contributed by atoms with van der Waals surface area (Å²) < 4.78 is 0. The van der Waals surface area contributed by atoms with Crippen molar-refractivity contribution in [3.63, 3.8) is 0 Å². The van der Waals surface area contributed by atoms with Crippen molar-refractivity contribution in [2.45, 2.75) is 30.4 Å². The zero-order chi connectivity index (χ0) is 19.4. The number of carbonyl (C=O) groups is 1. The lowest BCUT2D eigenvalue weighted by Gasteiger charge is -2.17. The predicted octanol–water partition coefficient (Wildman–Crippen LogP) is 7.72. The number of hydrogen-bond donors (Lipinski definition) is 0. The third-order valence-corrected chi connectivity index (χ3v) is 6.31. The van der Waals surface area contributed by atoms with E-state index in [9.17, 15) is 4.79 Å². The highest BCUT2D eigenvalue weighted by atomic mass is 35.5. The third-order valence-electron chi connectivity index (χ3n) is 4.53. The number of thioether (sulfide) groups is 1. The second kappa shape index (κ2) is 8.97. The number of benzene rings is 3. The molecule has 0 radical (unpaired) electrons. The van der Waals surface area contributed by atoms with Gasteiger partial charge in [-0.3, -0.25) is 4.79 Å². The zero-order valence-electron chi connectivity index (χ0n) is 15.2. The maximum Gasteiger partial charge on any atom is 0.164 e. The molecule has 3 aromatic rings. The van der Waals surface area contributed by atoms with Gasteiger partial charge >= 0.3 is 0 Å². The first kappa shape index (κ1) is 20.0. The van der Waals surface area contributed by atoms with E-state index in [0.717, 1.165) is 21.6 Å². The van der Waals surface area contributed by atoms with E-state index in [0.29, 0.717) is 16.5 Å². The highest BCUT2D eigenvalue weighted by molar-refractivity contribution is 7.99. The van der Waals surface area contributed by atoms with Gasteiger partial charge in [0, 0.05) is 32.2 Å². The van der Waals surface area contributed by atoms with Crippen LogP contribution in [0.15, 0.2) is 71.6 Å². The molecule has 0 aromatic heterocycles. The SMILES string of the molecule is Cc1ccc(C(=O)C[C@@H](Sc2ccc(Cl)cc2)c2ccc(Cl)cc2)cc1C. The molecule has 0 spiro atoms. The largest absolute Gasteiger partial charge is 0.294 e. The molecule has 3 rings (SSSR count). The van der Waals surface area contributed by atoms with Gasteiger partial charge in [-0.2, -0.15) is 0 Å². The summed E-state index contributed by atoms with van der Waals surface area (Å²) in [6.07, 6.45) is 0.414. The van der Waals surface area contributed by atoms with Crippen LogP contribution in [-0.4, -0.2) is 5.78 Å². The Morgan fingerprint density at radius 1 is 0.852 bits per heavy atom. The number of aryl methyl sites for hydroxylation is 2. The van der Waals surface area contributed by atoms with Gasteiger partial charge in [0.15, 0.2) is 5.78 Å². The van der Waals surface area contributed by atoms with Crippen LogP contribution in [0, 0.1) is 13.8 Å². The average molecular weight is 415 g/mol. The molecular formula is C23H20Cl2OS. The molecular weight excluding hydrogens is 395 g/mol. The summed E-state index contributed by atoms with van der Waals surface area (Å²) in [4.78, 5) is 14.0. The van der Waals surface area contributed by atoms with Crippen LogP contribution in [0.4, 0.5) is 0 Å². The highest BCUT2D eigenvalue weighted by Crippen LogP contribution is 2.39. The number of halogens is 2. The summed E-state index contributed by atoms with van der Waals surface area (Å²) in [7, 11) is 0. The van der Waals surface area contributed by atoms with Crippen LogP contribution in [0.5, 0.6) is 0 Å². The Hall–Kier alpha value is -1.74. The Kier molecular flexibility index (Phi) is 6.64. The first-order valence-electron chi connectivity index (χ1n) is 8.70. The molecule has 0 N–H and O–H groups in total. The number of ketones is 1. The van der Waals surface area contributed by atoms with E-state index in [4.69, 9.17) is 23.2 Å². The fourth-order valence-corrected chi connectivity index (χ4v) is 4.19. The lowest BCUT2D eigenvalue weighted by molar-refractivity contribution is 0.0982. The van der Waals surface area contributed by atoms with E-state index in [1.165, 1.54) is 5.56 Å². The van der Waals surface area contributed by atoms with Crippen molar-refractivity contribution >= 4 is 40.7 Å². The van der Waals surface area contributed by atoms with Crippen LogP contribution in [0.3, 0.4) is 0 Å². The number of carbonyl (C=O) groups excluding carboxylic acids is 1. The minimum atomic E-state index is -0.00227. The van der Waals surface area contributed by atoms with Gasteiger partial charge in [0.2, 0.25) is 0 Å². The summed E-state index contributed by atoms with van der Waals surface area (Å²) in [6.45, 7) is 4.09. The van der Waals surface area contributed by atoms with Gasteiger partial charge in [0.05, 0.1) is 0 Å². The van der Waals surface area contributed by atoms with Crippen LogP contribution in [-0.2, 0) is 0 Å². The van der Waals surface area contributed by atoms with Crippen LogP contribution < -0.4 is 0 Å². The molecule has 0 bridgehead atoms. The molecule has 0 amide bonds. The van der Waals surface area contributed by atoms with Gasteiger partial charge in [0.25, 0.3) is 0 Å². The molecule has 3 aromatic carbocycles. The maximum absolute atomic E-state index is 12.9. The predicted molar refractivity (Wildman–Crippen MR) is 116 cm³/mol. The Morgan fingerprint density at radius 2 is 1.44 bits per heavy atom. The summed E-state index contributed by atoms with van der Waals surface area (Å²) in [5.41, 5.74) is 4.16. The molecule has 0 fully saturated rings. The molecule has 27 heavy (non-hydrogen) atoms. The van der Waals surface area contributed by atoms with E-state index < -0.39 is 0 Å². The molecule has 4 heteroatoms. The zero-order valence-corrected chi connectivity index (χ0v) is 17.5. The monoisotopic (exact) mass is 414 g/mol. The van der Waals surface area contributed by atoms with Crippen molar-refractivity contribution < 1.29 is 4.79 Å². The summed E-state index contributed by atoms with van der Waals surface area (Å²) in [5.74, 6) is 0.138. The van der Waals surface area contributed by atoms with Gasteiger partial charge in [-0.25, -0.2) is 0 Å². The number of Topliss-reactive ketones (excluding diaryl/α,β-unsaturated/α-hetero) is 1. The van der Waals surface area contributed by atoms with Gasteiger partial charge in [-0.15, -0.1) is 11.8 Å². The molecule has 0 unspecified atom stereocenters. The van der Waals surface area contributed by atoms with Crippen LogP contribution in [0.25, 0.3) is 0 Å². The topological polar surface area (TPSA) is 17.1 Å². The third kappa shape index (κ3) is 5.38. The van der Waals surface area contributed by atoms with E-state index in [-0.39, 0.29) is 11.0 Å². The van der Waals surface area contributed by atoms with Crippen molar-refractivity contribution in [1.29, 1.82) is 0 Å². The van der Waals surface area contributed by atoms with Gasteiger partial charge in [0.1, 0.15) is 0 Å². The number of rotatable bonds is 6. The van der Waals surface area contributed by atoms with E-state index in [2.05, 4.69) is 6.92 Å². The lowest BCUT2D eigenvalue weighted by atomic mass is 9.99. The van der Waals surface area contributed by atoms with Crippen LogP contribution >= 0.6 is 35.0 Å². The van der Waals surface area contributed by atoms with Crippen LogP contribution in [0.1, 0.15) is 38.7 Å². The number of hydrogen-bond acceptors (Lipinski definition) is 2. The van der Waals surface area contributed by atoms with Gasteiger partial charge in [-0.1, -0.05) is 47.5 Å². The second-order valence-corrected chi connectivity index (χ2v) is 8.69. The van der Waals surface area contributed by atoms with Gasteiger partial charge < -0.3 is 0 Å². The Balaban J connectivity index is 1.86. The average Bonchev–Trinajstić information content (AvgIpc) is 2.65. The van der Waals surface area contributed by atoms with Crippen molar-refractivity contribution in [2.24, 2.45) is 0 Å². The normalized spacial score (nSPS) is 12.0. The molecule has 0 aliphatic carbocycles. The summed E-state index contributed by atoms with van der Waals surface area (Å²) >= 11 is 13.7. The Morgan fingerprint density at radius 3 is 2.04 bits per heavy atom. The molecule has 0 heterocycles. The smallest absolute Gasteiger partial charge is 0.164 e. The first-order chi connectivity index (χ1) is 12.9. The van der Waals surface area contributed by atoms with Crippen molar-refractivity contribution in [3.05, 3.63) is 99.0 Å². The lowest BCUT2D eigenvalue weighted by Crippen LogP contribution is -2.06. The molecule has 1 nitrogen and oxygen atoms in total. The highest BCUT2D eigenvalue weighted by Gasteiger charge is 2.19. The molecule has 0 saturated carbocycles. The van der Waals surface area contributed by atoms with Crippen molar-refractivity contribution in [2.75, 3.05) is 0 Å².